The third kappa shape index (κ3) is 2.84. The normalized spacial score (nSPS) is 11.6. The van der Waals surface area contributed by atoms with Gasteiger partial charge >= 0.3 is 0 Å². The van der Waals surface area contributed by atoms with Gasteiger partial charge in [-0.15, -0.1) is 0 Å². The number of rotatable bonds is 3. The fourth-order valence-corrected chi connectivity index (χ4v) is 3.01. The van der Waals surface area contributed by atoms with Crippen molar-refractivity contribution in [2.24, 2.45) is 0 Å². The molecule has 24 heavy (non-hydrogen) atoms. The van der Waals surface area contributed by atoms with Crippen molar-refractivity contribution in [2.45, 2.75) is 0 Å². The number of aromatic nitrogens is 1. The average molecular weight is 308 g/mol. The summed E-state index contributed by atoms with van der Waals surface area (Å²) in [6.07, 6.45) is 6.43. The Kier molecular flexibility index (Phi) is 3.91. The summed E-state index contributed by atoms with van der Waals surface area (Å²) in [4.78, 5) is 0. The molecule has 1 heteroatoms. The highest BCUT2D eigenvalue weighted by Crippen LogP contribution is 2.25. The fourth-order valence-electron chi connectivity index (χ4n) is 3.01. The summed E-state index contributed by atoms with van der Waals surface area (Å²) in [7, 11) is 0. The molecule has 1 nitrogen and oxygen atoms in total. The number of hydrogen-bond donors (Lipinski definition) is 0. The molecule has 0 amide bonds. The first-order valence-corrected chi connectivity index (χ1v) is 8.13. The lowest BCUT2D eigenvalue weighted by atomic mass is 10.0. The Hall–Kier alpha value is -3.19. The van der Waals surface area contributed by atoms with E-state index in [1.165, 1.54) is 27.6 Å². The zero-order chi connectivity index (χ0) is 16.2. The SMILES string of the molecule is C(=C(c1cccc2ccccc12)[n+]1ccccc1)c1ccccc1. The summed E-state index contributed by atoms with van der Waals surface area (Å²) in [5.41, 5.74) is 3.59. The van der Waals surface area contributed by atoms with Gasteiger partial charge < -0.3 is 0 Å². The lowest BCUT2D eigenvalue weighted by Gasteiger charge is -2.07. The highest BCUT2D eigenvalue weighted by molar-refractivity contribution is 5.95. The van der Waals surface area contributed by atoms with Crippen LogP contribution in [0.4, 0.5) is 0 Å². The molecule has 0 unspecified atom stereocenters. The van der Waals surface area contributed by atoms with E-state index in [0.717, 1.165) is 0 Å². The first kappa shape index (κ1) is 14.4. The predicted octanol–water partition coefficient (Wildman–Crippen LogP) is 5.17. The molecule has 0 atom stereocenters. The zero-order valence-corrected chi connectivity index (χ0v) is 13.3. The van der Waals surface area contributed by atoms with Crippen molar-refractivity contribution in [2.75, 3.05) is 0 Å². The van der Waals surface area contributed by atoms with Gasteiger partial charge in [-0.1, -0.05) is 72.8 Å². The fraction of sp³-hybridized carbons (Fsp3) is 0. The molecule has 1 heterocycles. The maximum atomic E-state index is 2.24. The van der Waals surface area contributed by atoms with Gasteiger partial charge in [-0.25, -0.2) is 0 Å². The first-order valence-electron chi connectivity index (χ1n) is 8.13. The summed E-state index contributed by atoms with van der Waals surface area (Å²) >= 11 is 0. The molecule has 0 N–H and O–H groups in total. The summed E-state index contributed by atoms with van der Waals surface area (Å²) in [6.45, 7) is 0. The maximum absolute atomic E-state index is 2.24. The number of hydrogen-bond acceptors (Lipinski definition) is 0. The van der Waals surface area contributed by atoms with E-state index in [4.69, 9.17) is 0 Å². The van der Waals surface area contributed by atoms with Crippen LogP contribution < -0.4 is 4.57 Å². The second-order valence-corrected chi connectivity index (χ2v) is 5.75. The van der Waals surface area contributed by atoms with Crippen molar-refractivity contribution >= 4 is 22.5 Å². The molecule has 1 aromatic heterocycles. The van der Waals surface area contributed by atoms with Crippen molar-refractivity contribution in [3.63, 3.8) is 0 Å². The summed E-state index contributed by atoms with van der Waals surface area (Å²) in [6, 6.07) is 31.6. The molecule has 4 aromatic rings. The highest BCUT2D eigenvalue weighted by atomic mass is 14.9. The van der Waals surface area contributed by atoms with Gasteiger partial charge in [0.2, 0.25) is 5.70 Å². The van der Waals surface area contributed by atoms with Crippen molar-refractivity contribution in [3.8, 4) is 0 Å². The molecule has 0 aliphatic carbocycles. The van der Waals surface area contributed by atoms with Gasteiger partial charge in [0.05, 0.1) is 5.56 Å². The molecule has 0 bridgehead atoms. The molecule has 0 aliphatic rings. The lowest BCUT2D eigenvalue weighted by Crippen LogP contribution is -2.31. The van der Waals surface area contributed by atoms with Crippen molar-refractivity contribution in [1.82, 2.24) is 0 Å². The monoisotopic (exact) mass is 308 g/mol. The quantitative estimate of drug-likeness (QED) is 0.363. The van der Waals surface area contributed by atoms with E-state index >= 15 is 0 Å². The third-order valence-electron chi connectivity index (χ3n) is 4.16. The van der Waals surface area contributed by atoms with Crippen LogP contribution in [0.3, 0.4) is 0 Å². The van der Waals surface area contributed by atoms with Gasteiger partial charge in [0.25, 0.3) is 0 Å². The Balaban J connectivity index is 1.98. The summed E-state index contributed by atoms with van der Waals surface area (Å²) in [5, 5.41) is 2.52. The molecule has 4 rings (SSSR count). The Morgan fingerprint density at radius 3 is 2.12 bits per heavy atom. The van der Waals surface area contributed by atoms with Gasteiger partial charge in [0.15, 0.2) is 12.4 Å². The molecule has 3 aromatic carbocycles. The van der Waals surface area contributed by atoms with Gasteiger partial charge in [-0.3, -0.25) is 0 Å². The van der Waals surface area contributed by atoms with Crippen LogP contribution in [-0.4, -0.2) is 0 Å². The Bertz CT molecular complexity index is 981. The lowest BCUT2D eigenvalue weighted by molar-refractivity contribution is -0.578. The van der Waals surface area contributed by atoms with Crippen LogP contribution in [0.15, 0.2) is 103 Å². The van der Waals surface area contributed by atoms with Crippen LogP contribution in [0.25, 0.3) is 22.5 Å². The van der Waals surface area contributed by atoms with E-state index in [1.807, 2.05) is 12.1 Å². The predicted molar refractivity (Wildman–Crippen MR) is 100 cm³/mol. The molecular weight excluding hydrogens is 290 g/mol. The van der Waals surface area contributed by atoms with Crippen LogP contribution in [-0.2, 0) is 0 Å². The topological polar surface area (TPSA) is 3.88 Å². The first-order chi connectivity index (χ1) is 11.9. The summed E-state index contributed by atoms with van der Waals surface area (Å²) < 4.78 is 2.18. The Morgan fingerprint density at radius 1 is 0.625 bits per heavy atom. The molecule has 0 saturated carbocycles. The van der Waals surface area contributed by atoms with E-state index < -0.39 is 0 Å². The molecule has 0 radical (unpaired) electrons. The van der Waals surface area contributed by atoms with Crippen LogP contribution in [0.5, 0.6) is 0 Å². The van der Waals surface area contributed by atoms with E-state index in [1.54, 1.807) is 0 Å². The third-order valence-corrected chi connectivity index (χ3v) is 4.16. The van der Waals surface area contributed by atoms with E-state index in [-0.39, 0.29) is 0 Å². The minimum absolute atomic E-state index is 1.17. The number of pyridine rings is 1. The largest absolute Gasteiger partial charge is 0.219 e. The standard InChI is InChI=1S/C23H18N/c1-3-10-19(11-4-1)18-23(24-16-7-2-8-17-24)22-15-9-13-20-12-5-6-14-21(20)22/h1-18H/q+1. The zero-order valence-electron chi connectivity index (χ0n) is 13.3. The van der Waals surface area contributed by atoms with Gasteiger partial charge in [0.1, 0.15) is 0 Å². The molecular formula is C23H18N+. The second-order valence-electron chi connectivity index (χ2n) is 5.75. The van der Waals surface area contributed by atoms with Crippen molar-refractivity contribution < 1.29 is 4.57 Å². The van der Waals surface area contributed by atoms with E-state index in [9.17, 15) is 0 Å². The average Bonchev–Trinajstić information content (AvgIpc) is 2.67. The van der Waals surface area contributed by atoms with Crippen LogP contribution in [0.2, 0.25) is 0 Å². The Morgan fingerprint density at radius 2 is 1.29 bits per heavy atom. The molecule has 0 saturated heterocycles. The molecule has 114 valence electrons. The second kappa shape index (κ2) is 6.51. The summed E-state index contributed by atoms with van der Waals surface area (Å²) in [5.74, 6) is 0. The minimum atomic E-state index is 1.17. The molecule has 0 spiro atoms. The molecule has 0 aliphatic heterocycles. The van der Waals surface area contributed by atoms with Crippen LogP contribution >= 0.6 is 0 Å². The van der Waals surface area contributed by atoms with Crippen LogP contribution in [0.1, 0.15) is 11.1 Å². The van der Waals surface area contributed by atoms with Gasteiger partial charge in [-0.2, -0.15) is 4.57 Å². The maximum Gasteiger partial charge on any atom is 0.219 e. The van der Waals surface area contributed by atoms with Crippen molar-refractivity contribution in [1.29, 1.82) is 0 Å². The van der Waals surface area contributed by atoms with E-state index in [0.29, 0.717) is 0 Å². The van der Waals surface area contributed by atoms with E-state index in [2.05, 4.69) is 102 Å². The number of fused-ring (bicyclic) bond motifs is 1. The van der Waals surface area contributed by atoms with Gasteiger partial charge in [0, 0.05) is 18.2 Å². The Labute approximate surface area is 142 Å². The number of benzene rings is 3. The molecule has 0 fully saturated rings. The van der Waals surface area contributed by atoms with Gasteiger partial charge in [-0.05, 0) is 22.4 Å². The highest BCUT2D eigenvalue weighted by Gasteiger charge is 2.15. The number of nitrogens with zero attached hydrogens (tertiary/aromatic N) is 1. The smallest absolute Gasteiger partial charge is 0.167 e. The minimum Gasteiger partial charge on any atom is -0.167 e. The van der Waals surface area contributed by atoms with Crippen molar-refractivity contribution in [3.05, 3.63) is 115 Å². The van der Waals surface area contributed by atoms with Crippen LogP contribution in [0, 0.1) is 0 Å².